The topological polar surface area (TPSA) is 103 Å². The molecule has 0 aromatic rings. The van der Waals surface area contributed by atoms with Crippen LogP contribution in [-0.4, -0.2) is 55.1 Å². The second-order valence-electron chi connectivity index (χ2n) is 8.95. The maximum absolute atomic E-state index is 12.2. The Balaban J connectivity index is 1.83. The molecule has 0 aromatic heterocycles. The van der Waals surface area contributed by atoms with Gasteiger partial charge in [0.1, 0.15) is 17.6 Å². The van der Waals surface area contributed by atoms with Crippen LogP contribution in [0.5, 0.6) is 0 Å². The average molecular weight is 385 g/mol. The van der Waals surface area contributed by atoms with Crippen LogP contribution in [0.4, 0.5) is 0 Å². The Labute approximate surface area is 161 Å². The number of esters is 2. The summed E-state index contributed by atoms with van der Waals surface area (Å²) in [5.74, 6) is -1.91. The van der Waals surface area contributed by atoms with E-state index in [-0.39, 0.29) is 11.8 Å². The third-order valence-electron chi connectivity index (χ3n) is 6.11. The maximum Gasteiger partial charge on any atom is 0.375 e. The minimum atomic E-state index is -0.934. The van der Waals surface area contributed by atoms with Crippen molar-refractivity contribution in [2.75, 3.05) is 26.2 Å². The van der Waals surface area contributed by atoms with Crippen molar-refractivity contribution in [1.82, 2.24) is 0 Å². The smallest absolute Gasteiger partial charge is 0.375 e. The van der Waals surface area contributed by atoms with E-state index >= 15 is 0 Å². The van der Waals surface area contributed by atoms with Crippen LogP contribution in [0, 0.1) is 11.8 Å². The molecule has 2 heterocycles. The van der Waals surface area contributed by atoms with E-state index in [1.54, 1.807) is 0 Å². The molecule has 0 amide bonds. The van der Waals surface area contributed by atoms with Crippen molar-refractivity contribution in [3.63, 3.8) is 0 Å². The van der Waals surface area contributed by atoms with Gasteiger partial charge in [0.15, 0.2) is 0 Å². The lowest BCUT2D eigenvalue weighted by atomic mass is 9.83. The first-order valence-electron chi connectivity index (χ1n) is 10.2. The molecule has 27 heavy (non-hydrogen) atoms. The number of Topliss-reactive ketones (excluding diaryl/α,β-unsaturated/α-hetero) is 1. The van der Waals surface area contributed by atoms with Gasteiger partial charge in [0, 0.05) is 37.5 Å². The van der Waals surface area contributed by atoms with Crippen molar-refractivity contribution in [1.29, 1.82) is 0 Å². The van der Waals surface area contributed by atoms with Crippen LogP contribution < -0.4 is 10.6 Å². The van der Waals surface area contributed by atoms with Crippen molar-refractivity contribution in [3.05, 3.63) is 0 Å². The molecule has 154 valence electrons. The van der Waals surface area contributed by atoms with Crippen molar-refractivity contribution in [2.24, 2.45) is 11.8 Å². The monoisotopic (exact) mass is 384 g/mol. The SMILES string of the molecule is CC(C)(OC(=O)CC(=O)C(=O)OC(C)(C)C1CC[NH2+]CC1)C1CC[NH2+]CC1. The van der Waals surface area contributed by atoms with E-state index in [4.69, 9.17) is 9.47 Å². The predicted molar refractivity (Wildman–Crippen MR) is 98.7 cm³/mol. The minimum absolute atomic E-state index is 0.230. The summed E-state index contributed by atoms with van der Waals surface area (Å²) in [5, 5.41) is 4.49. The van der Waals surface area contributed by atoms with Gasteiger partial charge in [-0.25, -0.2) is 4.79 Å². The van der Waals surface area contributed by atoms with E-state index in [9.17, 15) is 14.4 Å². The molecular formula is C20H36N2O5+2. The molecule has 0 aromatic carbocycles. The number of ketones is 1. The molecule has 4 N–H and O–H groups in total. The molecule has 7 heteroatoms. The van der Waals surface area contributed by atoms with Gasteiger partial charge in [-0.1, -0.05) is 0 Å². The van der Waals surface area contributed by atoms with Crippen molar-refractivity contribution < 1.29 is 34.5 Å². The number of carbonyl (C=O) groups excluding carboxylic acids is 3. The van der Waals surface area contributed by atoms with Gasteiger partial charge in [-0.3, -0.25) is 9.59 Å². The Hall–Kier alpha value is -1.47. The molecule has 2 aliphatic heterocycles. The van der Waals surface area contributed by atoms with Crippen LogP contribution in [0.15, 0.2) is 0 Å². The van der Waals surface area contributed by atoms with Crippen molar-refractivity contribution in [3.8, 4) is 0 Å². The van der Waals surface area contributed by atoms with Crippen LogP contribution in [0.25, 0.3) is 0 Å². The van der Waals surface area contributed by atoms with Gasteiger partial charge >= 0.3 is 11.9 Å². The van der Waals surface area contributed by atoms with E-state index in [1.165, 1.54) is 0 Å². The molecule has 0 atom stereocenters. The summed E-state index contributed by atoms with van der Waals surface area (Å²) in [4.78, 5) is 36.6. The molecule has 0 unspecified atom stereocenters. The summed E-state index contributed by atoms with van der Waals surface area (Å²) in [5.41, 5.74) is -1.34. The van der Waals surface area contributed by atoms with Gasteiger partial charge in [0.05, 0.1) is 26.2 Å². The number of carbonyl (C=O) groups is 3. The third kappa shape index (κ3) is 6.28. The van der Waals surface area contributed by atoms with Crippen LogP contribution in [0.3, 0.4) is 0 Å². The van der Waals surface area contributed by atoms with Crippen LogP contribution in [0.2, 0.25) is 0 Å². The molecule has 2 saturated heterocycles. The van der Waals surface area contributed by atoms with E-state index < -0.39 is 35.3 Å². The highest BCUT2D eigenvalue weighted by Crippen LogP contribution is 2.29. The highest BCUT2D eigenvalue weighted by atomic mass is 16.6. The zero-order chi connectivity index (χ0) is 20.1. The minimum Gasteiger partial charge on any atom is -0.459 e. The number of hydrogen-bond acceptors (Lipinski definition) is 5. The fourth-order valence-electron chi connectivity index (χ4n) is 4.24. The Bertz CT molecular complexity index is 547. The first-order chi connectivity index (χ1) is 12.6. The second-order valence-corrected chi connectivity index (χ2v) is 8.95. The van der Waals surface area contributed by atoms with Gasteiger partial charge in [-0.05, 0) is 27.7 Å². The number of ether oxygens (including phenoxy) is 2. The first-order valence-corrected chi connectivity index (χ1v) is 10.2. The molecule has 0 spiro atoms. The molecule has 2 fully saturated rings. The van der Waals surface area contributed by atoms with Gasteiger partial charge in [-0.2, -0.15) is 0 Å². The van der Waals surface area contributed by atoms with E-state index in [0.717, 1.165) is 51.9 Å². The zero-order valence-electron chi connectivity index (χ0n) is 17.2. The highest BCUT2D eigenvalue weighted by Gasteiger charge is 2.39. The summed E-state index contributed by atoms with van der Waals surface area (Å²) in [6.07, 6.45) is 3.29. The molecule has 0 bridgehead atoms. The number of hydrogen-bond donors (Lipinski definition) is 2. The van der Waals surface area contributed by atoms with Crippen molar-refractivity contribution in [2.45, 2.75) is 71.0 Å². The van der Waals surface area contributed by atoms with E-state index in [0.29, 0.717) is 0 Å². The summed E-state index contributed by atoms with van der Waals surface area (Å²) < 4.78 is 11.0. The van der Waals surface area contributed by atoms with Crippen LogP contribution in [-0.2, 0) is 23.9 Å². The standard InChI is InChI=1S/C20H34N2O5/c1-19(2,14-5-9-21-10-6-14)26-17(24)13-16(23)18(25)27-20(3,4)15-7-11-22-12-8-15/h14-15,21-22H,5-13H2,1-4H3/p+2. The lowest BCUT2D eigenvalue weighted by molar-refractivity contribution is -0.666. The molecule has 2 aliphatic rings. The Morgan fingerprint density at radius 3 is 1.63 bits per heavy atom. The van der Waals surface area contributed by atoms with Gasteiger partial charge in [0.25, 0.3) is 5.78 Å². The summed E-state index contributed by atoms with van der Waals surface area (Å²) >= 11 is 0. The Morgan fingerprint density at radius 1 is 0.778 bits per heavy atom. The van der Waals surface area contributed by atoms with E-state index in [1.807, 2.05) is 27.7 Å². The number of piperidine rings is 2. The fraction of sp³-hybridized carbons (Fsp3) is 0.850. The van der Waals surface area contributed by atoms with Crippen molar-refractivity contribution >= 4 is 17.7 Å². The molecule has 2 rings (SSSR count). The fourth-order valence-corrected chi connectivity index (χ4v) is 4.24. The zero-order valence-corrected chi connectivity index (χ0v) is 17.2. The van der Waals surface area contributed by atoms with Gasteiger partial charge in [-0.15, -0.1) is 0 Å². The maximum atomic E-state index is 12.2. The normalized spacial score (nSPS) is 20.1. The van der Waals surface area contributed by atoms with Crippen LogP contribution in [0.1, 0.15) is 59.8 Å². The quantitative estimate of drug-likeness (QED) is 0.351. The first kappa shape index (κ1) is 21.8. The molecular weight excluding hydrogens is 348 g/mol. The molecule has 0 aliphatic carbocycles. The lowest BCUT2D eigenvalue weighted by Crippen LogP contribution is -2.86. The van der Waals surface area contributed by atoms with Crippen LogP contribution >= 0.6 is 0 Å². The third-order valence-corrected chi connectivity index (χ3v) is 6.11. The number of quaternary nitrogens is 2. The molecule has 7 nitrogen and oxygen atoms in total. The highest BCUT2D eigenvalue weighted by molar-refractivity contribution is 6.36. The average Bonchev–Trinajstić information content (AvgIpc) is 2.62. The number of rotatable bonds is 7. The van der Waals surface area contributed by atoms with Gasteiger partial charge in [0.2, 0.25) is 0 Å². The summed E-state index contributed by atoms with van der Waals surface area (Å²) in [6.45, 7) is 11.5. The second kappa shape index (κ2) is 9.15. The van der Waals surface area contributed by atoms with Gasteiger partial charge < -0.3 is 20.1 Å². The number of nitrogens with two attached hydrogens (primary N) is 2. The Morgan fingerprint density at radius 2 is 1.19 bits per heavy atom. The summed E-state index contributed by atoms with van der Waals surface area (Å²) in [7, 11) is 0. The largest absolute Gasteiger partial charge is 0.459 e. The summed E-state index contributed by atoms with van der Waals surface area (Å²) in [6, 6.07) is 0. The Kier molecular flexibility index (Phi) is 7.40. The van der Waals surface area contributed by atoms with E-state index in [2.05, 4.69) is 10.6 Å². The lowest BCUT2D eigenvalue weighted by Gasteiger charge is -2.36. The molecule has 0 radical (unpaired) electrons. The molecule has 0 saturated carbocycles. The predicted octanol–water partition coefficient (Wildman–Crippen LogP) is -0.464.